The molecule has 0 atom stereocenters. The maximum Gasteiger partial charge on any atom is 0.303 e. The number of carboxylic acid groups (broad SMARTS) is 1. The zero-order valence-electron chi connectivity index (χ0n) is 10.9. The molecular formula is C17H14O3. The minimum absolute atomic E-state index is 0.0691. The molecule has 0 bridgehead atoms. The minimum atomic E-state index is -0.815. The van der Waals surface area contributed by atoms with Crippen molar-refractivity contribution >= 4 is 16.9 Å². The van der Waals surface area contributed by atoms with E-state index in [0.717, 1.165) is 27.9 Å². The van der Waals surface area contributed by atoms with E-state index in [1.54, 1.807) is 0 Å². The average molecular weight is 266 g/mol. The summed E-state index contributed by atoms with van der Waals surface area (Å²) in [6.07, 6.45) is 0.466. The van der Waals surface area contributed by atoms with Crippen molar-refractivity contribution in [3.05, 3.63) is 60.4 Å². The van der Waals surface area contributed by atoms with Gasteiger partial charge in [-0.3, -0.25) is 4.79 Å². The van der Waals surface area contributed by atoms with Crippen molar-refractivity contribution in [1.82, 2.24) is 0 Å². The van der Waals surface area contributed by atoms with Gasteiger partial charge in [-0.15, -0.1) is 0 Å². The van der Waals surface area contributed by atoms with Gasteiger partial charge in [0.2, 0.25) is 0 Å². The maximum atomic E-state index is 10.8. The lowest BCUT2D eigenvalue weighted by molar-refractivity contribution is -0.137. The summed E-state index contributed by atoms with van der Waals surface area (Å²) < 4.78 is 5.84. The van der Waals surface area contributed by atoms with E-state index in [2.05, 4.69) is 0 Å². The van der Waals surface area contributed by atoms with Gasteiger partial charge in [-0.05, 0) is 11.6 Å². The molecule has 3 aromatic rings. The van der Waals surface area contributed by atoms with Crippen LogP contribution >= 0.6 is 0 Å². The van der Waals surface area contributed by atoms with Crippen molar-refractivity contribution in [2.75, 3.05) is 0 Å². The molecule has 0 saturated carbocycles. The molecule has 0 radical (unpaired) electrons. The van der Waals surface area contributed by atoms with Crippen LogP contribution in [0.1, 0.15) is 12.2 Å². The molecule has 20 heavy (non-hydrogen) atoms. The molecule has 0 spiro atoms. The monoisotopic (exact) mass is 266 g/mol. The highest BCUT2D eigenvalue weighted by Gasteiger charge is 2.16. The number of fused-ring (bicyclic) bond motifs is 1. The van der Waals surface area contributed by atoms with Crippen LogP contribution in [0.2, 0.25) is 0 Å². The normalized spacial score (nSPS) is 10.8. The van der Waals surface area contributed by atoms with Gasteiger partial charge in [0.15, 0.2) is 0 Å². The fraction of sp³-hybridized carbons (Fsp3) is 0.118. The Morgan fingerprint density at radius 3 is 2.45 bits per heavy atom. The Balaban J connectivity index is 2.16. The van der Waals surface area contributed by atoms with Crippen molar-refractivity contribution in [1.29, 1.82) is 0 Å². The van der Waals surface area contributed by atoms with Crippen LogP contribution in [0.4, 0.5) is 0 Å². The summed E-state index contributed by atoms with van der Waals surface area (Å²) in [5, 5.41) is 9.90. The third-order valence-corrected chi connectivity index (χ3v) is 3.30. The van der Waals surface area contributed by atoms with E-state index >= 15 is 0 Å². The van der Waals surface area contributed by atoms with Gasteiger partial charge >= 0.3 is 5.97 Å². The largest absolute Gasteiger partial charge is 0.481 e. The second-order valence-electron chi connectivity index (χ2n) is 4.66. The van der Waals surface area contributed by atoms with Gasteiger partial charge in [0.25, 0.3) is 0 Å². The van der Waals surface area contributed by atoms with Crippen molar-refractivity contribution < 1.29 is 14.3 Å². The molecule has 1 aromatic heterocycles. The van der Waals surface area contributed by atoms with Gasteiger partial charge in [0, 0.05) is 17.4 Å². The molecule has 0 aliphatic carbocycles. The second-order valence-corrected chi connectivity index (χ2v) is 4.66. The van der Waals surface area contributed by atoms with E-state index < -0.39 is 5.97 Å². The summed E-state index contributed by atoms with van der Waals surface area (Å²) in [4.78, 5) is 10.8. The smallest absolute Gasteiger partial charge is 0.303 e. The summed E-state index contributed by atoms with van der Waals surface area (Å²) in [6, 6.07) is 17.7. The van der Waals surface area contributed by atoms with Gasteiger partial charge < -0.3 is 9.52 Å². The van der Waals surface area contributed by atoms with Crippen LogP contribution in [0.15, 0.2) is 59.0 Å². The third-order valence-electron chi connectivity index (χ3n) is 3.30. The van der Waals surface area contributed by atoms with Gasteiger partial charge in [-0.2, -0.15) is 0 Å². The first kappa shape index (κ1) is 12.5. The molecule has 0 fully saturated rings. The van der Waals surface area contributed by atoms with Gasteiger partial charge in [-0.25, -0.2) is 0 Å². The third kappa shape index (κ3) is 2.30. The molecule has 100 valence electrons. The zero-order chi connectivity index (χ0) is 13.9. The second kappa shape index (κ2) is 5.21. The highest BCUT2D eigenvalue weighted by Crippen LogP contribution is 2.35. The van der Waals surface area contributed by atoms with Crippen LogP contribution in [0.3, 0.4) is 0 Å². The molecule has 3 nitrogen and oxygen atoms in total. The first-order valence-electron chi connectivity index (χ1n) is 6.53. The summed E-state index contributed by atoms with van der Waals surface area (Å²) in [5.41, 5.74) is 2.85. The molecule has 3 rings (SSSR count). The number of hydrogen-bond acceptors (Lipinski definition) is 2. The first-order valence-corrected chi connectivity index (χ1v) is 6.53. The number of rotatable bonds is 4. The molecule has 0 amide bonds. The predicted octanol–water partition coefficient (Wildman–Crippen LogP) is 4.12. The summed E-state index contributed by atoms with van der Waals surface area (Å²) in [6.45, 7) is 0. The minimum Gasteiger partial charge on any atom is -0.481 e. The summed E-state index contributed by atoms with van der Waals surface area (Å²) >= 11 is 0. The van der Waals surface area contributed by atoms with E-state index in [1.807, 2.05) is 54.6 Å². The van der Waals surface area contributed by atoms with Gasteiger partial charge in [0.05, 0.1) is 6.42 Å². The lowest BCUT2D eigenvalue weighted by Crippen LogP contribution is -1.97. The van der Waals surface area contributed by atoms with Gasteiger partial charge in [0.1, 0.15) is 11.3 Å². The number of carboxylic acids is 1. The molecule has 0 aliphatic heterocycles. The van der Waals surface area contributed by atoms with Crippen molar-refractivity contribution in [2.24, 2.45) is 0 Å². The molecule has 3 heteroatoms. The van der Waals surface area contributed by atoms with Crippen molar-refractivity contribution in [2.45, 2.75) is 12.8 Å². The van der Waals surface area contributed by atoms with E-state index in [9.17, 15) is 4.79 Å². The van der Waals surface area contributed by atoms with E-state index in [0.29, 0.717) is 6.42 Å². The van der Waals surface area contributed by atoms with Crippen LogP contribution in [0, 0.1) is 0 Å². The molecule has 1 heterocycles. The maximum absolute atomic E-state index is 10.8. The summed E-state index contributed by atoms with van der Waals surface area (Å²) in [5.74, 6) is -0.0794. The van der Waals surface area contributed by atoms with Crippen molar-refractivity contribution in [3.8, 4) is 11.1 Å². The van der Waals surface area contributed by atoms with E-state index in [1.165, 1.54) is 0 Å². The molecule has 1 N–H and O–H groups in total. The number of benzene rings is 2. The average Bonchev–Trinajstić information content (AvgIpc) is 2.84. The van der Waals surface area contributed by atoms with Crippen molar-refractivity contribution in [3.63, 3.8) is 0 Å². The Kier molecular flexibility index (Phi) is 3.25. The summed E-state index contributed by atoms with van der Waals surface area (Å²) in [7, 11) is 0. The highest BCUT2D eigenvalue weighted by atomic mass is 16.4. The number of furan rings is 1. The fourth-order valence-corrected chi connectivity index (χ4v) is 2.41. The SMILES string of the molecule is O=C(O)CCc1oc2ccccc2c1-c1ccccc1. The molecular weight excluding hydrogens is 252 g/mol. The quantitative estimate of drug-likeness (QED) is 0.772. The standard InChI is InChI=1S/C17H14O3/c18-16(19)11-10-15-17(12-6-2-1-3-7-12)13-8-4-5-9-14(13)20-15/h1-9H,10-11H2,(H,18,19). The van der Waals surface area contributed by atoms with Crippen LogP contribution in [0.25, 0.3) is 22.1 Å². The van der Waals surface area contributed by atoms with Gasteiger partial charge in [-0.1, -0.05) is 48.5 Å². The highest BCUT2D eigenvalue weighted by molar-refractivity contribution is 5.95. The number of hydrogen-bond donors (Lipinski definition) is 1. The first-order chi connectivity index (χ1) is 9.75. The fourth-order valence-electron chi connectivity index (χ4n) is 2.41. The number of para-hydroxylation sites is 1. The van der Waals surface area contributed by atoms with Crippen LogP contribution in [-0.2, 0) is 11.2 Å². The number of aliphatic carboxylic acids is 1. The zero-order valence-corrected chi connectivity index (χ0v) is 10.9. The van der Waals surface area contributed by atoms with E-state index in [4.69, 9.17) is 9.52 Å². The van der Waals surface area contributed by atoms with Crippen LogP contribution in [-0.4, -0.2) is 11.1 Å². The molecule has 0 unspecified atom stereocenters. The lowest BCUT2D eigenvalue weighted by atomic mass is 10.0. The Hall–Kier alpha value is -2.55. The van der Waals surface area contributed by atoms with Crippen LogP contribution < -0.4 is 0 Å². The Morgan fingerprint density at radius 1 is 1.00 bits per heavy atom. The number of carbonyl (C=O) groups is 1. The van der Waals surface area contributed by atoms with Crippen LogP contribution in [0.5, 0.6) is 0 Å². The predicted molar refractivity (Wildman–Crippen MR) is 77.6 cm³/mol. The molecule has 2 aromatic carbocycles. The Morgan fingerprint density at radius 2 is 1.70 bits per heavy atom. The molecule has 0 aliphatic rings. The molecule has 0 saturated heterocycles. The lowest BCUT2D eigenvalue weighted by Gasteiger charge is -2.02. The Labute approximate surface area is 116 Å². The number of aryl methyl sites for hydroxylation is 1. The Bertz CT molecular complexity index is 741. The van der Waals surface area contributed by atoms with E-state index in [-0.39, 0.29) is 6.42 Å². The topological polar surface area (TPSA) is 50.4 Å².